The van der Waals surface area contributed by atoms with Crippen molar-refractivity contribution >= 4 is 0 Å². The van der Waals surface area contributed by atoms with E-state index >= 15 is 0 Å². The first kappa shape index (κ1) is 14.5. The minimum Gasteiger partial charge on any atom is -0.439 e. The Morgan fingerprint density at radius 1 is 1.15 bits per heavy atom. The van der Waals surface area contributed by atoms with Gasteiger partial charge in [-0.2, -0.15) is 0 Å². The van der Waals surface area contributed by atoms with Crippen LogP contribution < -0.4 is 10.5 Å². The van der Waals surface area contributed by atoms with Crippen LogP contribution in [0.5, 0.6) is 11.6 Å². The third-order valence-electron chi connectivity index (χ3n) is 3.19. The molecular formula is C17H22N2O. The average Bonchev–Trinajstić information content (AvgIpc) is 2.38. The second-order valence-corrected chi connectivity index (χ2v) is 6.06. The summed E-state index contributed by atoms with van der Waals surface area (Å²) in [6.07, 6.45) is 1.73. The van der Waals surface area contributed by atoms with Gasteiger partial charge in [0.25, 0.3) is 0 Å². The van der Waals surface area contributed by atoms with Gasteiger partial charge in [0, 0.05) is 23.9 Å². The summed E-state index contributed by atoms with van der Waals surface area (Å²) in [5.41, 5.74) is 8.09. The largest absolute Gasteiger partial charge is 0.439 e. The molecule has 0 radical (unpaired) electrons. The van der Waals surface area contributed by atoms with E-state index in [1.807, 2.05) is 37.3 Å². The molecule has 0 fully saturated rings. The third kappa shape index (κ3) is 3.36. The molecule has 1 aromatic carbocycles. The van der Waals surface area contributed by atoms with Crippen LogP contribution in [-0.4, -0.2) is 4.98 Å². The molecule has 0 bridgehead atoms. The van der Waals surface area contributed by atoms with Crippen LogP contribution in [0.15, 0.2) is 42.6 Å². The lowest BCUT2D eigenvalue weighted by atomic mass is 9.86. The van der Waals surface area contributed by atoms with E-state index in [1.54, 1.807) is 6.20 Å². The van der Waals surface area contributed by atoms with Gasteiger partial charge in [-0.05, 0) is 30.0 Å². The van der Waals surface area contributed by atoms with E-state index in [2.05, 4.69) is 31.8 Å². The van der Waals surface area contributed by atoms with Crippen molar-refractivity contribution in [2.24, 2.45) is 5.73 Å². The van der Waals surface area contributed by atoms with Crippen molar-refractivity contribution in [1.82, 2.24) is 4.98 Å². The third-order valence-corrected chi connectivity index (χ3v) is 3.19. The zero-order valence-corrected chi connectivity index (χ0v) is 12.6. The first-order chi connectivity index (χ1) is 9.38. The second-order valence-electron chi connectivity index (χ2n) is 6.06. The molecule has 0 unspecified atom stereocenters. The predicted octanol–water partition coefficient (Wildman–Crippen LogP) is 4.19. The second kappa shape index (κ2) is 5.63. The van der Waals surface area contributed by atoms with E-state index in [-0.39, 0.29) is 11.5 Å². The first-order valence-corrected chi connectivity index (χ1v) is 6.87. The summed E-state index contributed by atoms with van der Waals surface area (Å²) in [5, 5.41) is 0. The molecule has 0 amide bonds. The van der Waals surface area contributed by atoms with Crippen LogP contribution in [0.1, 0.15) is 44.9 Å². The number of para-hydroxylation sites is 1. The maximum absolute atomic E-state index is 5.96. The van der Waals surface area contributed by atoms with Crippen molar-refractivity contribution in [3.05, 3.63) is 53.7 Å². The maximum Gasteiger partial charge on any atom is 0.219 e. The minimum absolute atomic E-state index is 0.0232. The highest BCUT2D eigenvalue weighted by Crippen LogP contribution is 2.33. The van der Waals surface area contributed by atoms with E-state index in [4.69, 9.17) is 10.5 Å². The standard InChI is InChI=1S/C17H22N2O/c1-12(18)13-9-10-19-16(11-13)20-15-8-6-5-7-14(15)17(2,3)4/h5-12H,18H2,1-4H3/t12-/m1/s1. The topological polar surface area (TPSA) is 48.1 Å². The molecule has 1 atom stereocenters. The molecule has 0 aliphatic heterocycles. The lowest BCUT2D eigenvalue weighted by Gasteiger charge is -2.22. The summed E-state index contributed by atoms with van der Waals surface area (Å²) in [7, 11) is 0. The highest BCUT2D eigenvalue weighted by Gasteiger charge is 2.19. The van der Waals surface area contributed by atoms with Gasteiger partial charge in [0.2, 0.25) is 5.88 Å². The molecular weight excluding hydrogens is 248 g/mol. The number of benzene rings is 1. The van der Waals surface area contributed by atoms with Crippen molar-refractivity contribution in [1.29, 1.82) is 0 Å². The fraction of sp³-hybridized carbons (Fsp3) is 0.353. The number of aromatic nitrogens is 1. The molecule has 1 aromatic heterocycles. The average molecular weight is 270 g/mol. The first-order valence-electron chi connectivity index (χ1n) is 6.87. The molecule has 0 aliphatic carbocycles. The Hall–Kier alpha value is -1.87. The number of rotatable bonds is 3. The van der Waals surface area contributed by atoms with Crippen LogP contribution in [0, 0.1) is 0 Å². The van der Waals surface area contributed by atoms with Gasteiger partial charge in [0.15, 0.2) is 0 Å². The quantitative estimate of drug-likeness (QED) is 0.909. The Balaban J connectivity index is 2.33. The van der Waals surface area contributed by atoms with Crippen LogP contribution in [0.3, 0.4) is 0 Å². The highest BCUT2D eigenvalue weighted by molar-refractivity contribution is 5.40. The van der Waals surface area contributed by atoms with Gasteiger partial charge < -0.3 is 10.5 Å². The zero-order valence-electron chi connectivity index (χ0n) is 12.6. The van der Waals surface area contributed by atoms with Crippen LogP contribution in [0.25, 0.3) is 0 Å². The summed E-state index contributed by atoms with van der Waals surface area (Å²) in [6.45, 7) is 8.45. The number of hydrogen-bond donors (Lipinski definition) is 1. The van der Waals surface area contributed by atoms with Crippen molar-refractivity contribution in [2.45, 2.75) is 39.2 Å². The van der Waals surface area contributed by atoms with Crippen LogP contribution in [-0.2, 0) is 5.41 Å². The van der Waals surface area contributed by atoms with Crippen molar-refractivity contribution in [3.63, 3.8) is 0 Å². The predicted molar refractivity (Wildman–Crippen MR) is 82.1 cm³/mol. The molecule has 20 heavy (non-hydrogen) atoms. The van der Waals surface area contributed by atoms with Gasteiger partial charge in [-0.1, -0.05) is 39.0 Å². The van der Waals surface area contributed by atoms with E-state index < -0.39 is 0 Å². The molecule has 0 aliphatic rings. The minimum atomic E-state index is -0.0294. The molecule has 1 heterocycles. The summed E-state index contributed by atoms with van der Waals surface area (Å²) >= 11 is 0. The van der Waals surface area contributed by atoms with Crippen LogP contribution >= 0.6 is 0 Å². The SMILES string of the molecule is C[C@@H](N)c1ccnc(Oc2ccccc2C(C)(C)C)c1. The van der Waals surface area contributed by atoms with E-state index in [9.17, 15) is 0 Å². The molecule has 0 spiro atoms. The monoisotopic (exact) mass is 270 g/mol. The zero-order chi connectivity index (χ0) is 14.8. The molecule has 2 N–H and O–H groups in total. The van der Waals surface area contributed by atoms with Crippen LogP contribution in [0.4, 0.5) is 0 Å². The fourth-order valence-corrected chi connectivity index (χ4v) is 2.05. The number of hydrogen-bond acceptors (Lipinski definition) is 3. The summed E-state index contributed by atoms with van der Waals surface area (Å²) in [4.78, 5) is 4.26. The molecule has 2 aromatic rings. The van der Waals surface area contributed by atoms with Crippen molar-refractivity contribution in [2.75, 3.05) is 0 Å². The Morgan fingerprint density at radius 2 is 1.85 bits per heavy atom. The Morgan fingerprint density at radius 3 is 2.50 bits per heavy atom. The lowest BCUT2D eigenvalue weighted by molar-refractivity contribution is 0.439. The maximum atomic E-state index is 5.96. The number of nitrogens with two attached hydrogens (primary N) is 1. The molecule has 2 rings (SSSR count). The summed E-state index contributed by atoms with van der Waals surface area (Å²) in [5.74, 6) is 1.42. The van der Waals surface area contributed by atoms with Gasteiger partial charge >= 0.3 is 0 Å². The molecule has 3 heteroatoms. The van der Waals surface area contributed by atoms with Gasteiger partial charge in [0.05, 0.1) is 0 Å². The van der Waals surface area contributed by atoms with Crippen molar-refractivity contribution in [3.8, 4) is 11.6 Å². The number of nitrogens with zero attached hydrogens (tertiary/aromatic N) is 1. The Labute approximate surface area is 120 Å². The summed E-state index contributed by atoms with van der Waals surface area (Å²) in [6, 6.07) is 11.8. The molecule has 3 nitrogen and oxygen atoms in total. The van der Waals surface area contributed by atoms with Gasteiger partial charge in [0.1, 0.15) is 5.75 Å². The van der Waals surface area contributed by atoms with Crippen LogP contribution in [0.2, 0.25) is 0 Å². The smallest absolute Gasteiger partial charge is 0.219 e. The molecule has 0 saturated carbocycles. The molecule has 0 saturated heterocycles. The lowest BCUT2D eigenvalue weighted by Crippen LogP contribution is -2.12. The fourth-order valence-electron chi connectivity index (χ4n) is 2.05. The summed E-state index contributed by atoms with van der Waals surface area (Å²) < 4.78 is 5.96. The van der Waals surface area contributed by atoms with Gasteiger partial charge in [-0.15, -0.1) is 0 Å². The van der Waals surface area contributed by atoms with Gasteiger partial charge in [-0.25, -0.2) is 4.98 Å². The Kier molecular flexibility index (Phi) is 4.09. The van der Waals surface area contributed by atoms with E-state index in [0.717, 1.165) is 16.9 Å². The van der Waals surface area contributed by atoms with Crippen molar-refractivity contribution < 1.29 is 4.74 Å². The number of ether oxygens (including phenoxy) is 1. The number of pyridine rings is 1. The normalized spacial score (nSPS) is 13.1. The van der Waals surface area contributed by atoms with Gasteiger partial charge in [-0.3, -0.25) is 0 Å². The molecule has 106 valence electrons. The highest BCUT2D eigenvalue weighted by atomic mass is 16.5. The Bertz CT molecular complexity index is 586. The van der Waals surface area contributed by atoms with E-state index in [0.29, 0.717) is 5.88 Å². The van der Waals surface area contributed by atoms with E-state index in [1.165, 1.54) is 0 Å².